The number of allylic oxidation sites excluding steroid dienone is 1. The second-order valence-electron chi connectivity index (χ2n) is 12.9. The third kappa shape index (κ3) is 3.65. The summed E-state index contributed by atoms with van der Waals surface area (Å²) in [5, 5.41) is 11.5. The summed E-state index contributed by atoms with van der Waals surface area (Å²) in [4.78, 5) is 39.1. The van der Waals surface area contributed by atoms with Gasteiger partial charge in [0.2, 0.25) is 0 Å². The fourth-order valence-corrected chi connectivity index (χ4v) is 9.20. The van der Waals surface area contributed by atoms with Crippen LogP contribution in [-0.4, -0.2) is 67.1 Å². The first-order chi connectivity index (χ1) is 19.0. The zero-order valence-corrected chi connectivity index (χ0v) is 23.7. The van der Waals surface area contributed by atoms with E-state index >= 15 is 0 Å². The predicted molar refractivity (Wildman–Crippen MR) is 145 cm³/mol. The molecule has 4 fully saturated rings. The van der Waals surface area contributed by atoms with E-state index in [1.54, 1.807) is 6.08 Å². The Hall–Kier alpha value is -2.81. The highest BCUT2D eigenvalue weighted by Gasteiger charge is 2.78. The minimum atomic E-state index is -0.790. The molecule has 1 aromatic rings. The molecule has 2 aliphatic heterocycles. The monoisotopic (exact) mass is 550 g/mol. The number of carbonyl (C=O) groups is 3. The van der Waals surface area contributed by atoms with E-state index in [1.165, 1.54) is 13.2 Å². The third-order valence-corrected chi connectivity index (χ3v) is 11.0. The molecule has 0 spiro atoms. The van der Waals surface area contributed by atoms with Gasteiger partial charge in [-0.25, -0.2) is 4.79 Å². The molecule has 214 valence electrons. The summed E-state index contributed by atoms with van der Waals surface area (Å²) in [6.07, 6.45) is 0.982. The summed E-state index contributed by atoms with van der Waals surface area (Å²) < 4.78 is 24.5. The van der Waals surface area contributed by atoms with E-state index in [1.807, 2.05) is 44.2 Å². The van der Waals surface area contributed by atoms with E-state index < -0.39 is 52.5 Å². The Morgan fingerprint density at radius 3 is 2.60 bits per heavy atom. The van der Waals surface area contributed by atoms with Crippen molar-refractivity contribution in [2.24, 2.45) is 28.1 Å². The number of aliphatic hydroxyl groups is 1. The van der Waals surface area contributed by atoms with Crippen LogP contribution in [-0.2, 0) is 33.3 Å². The van der Waals surface area contributed by atoms with Gasteiger partial charge in [-0.3, -0.25) is 9.59 Å². The van der Waals surface area contributed by atoms with Gasteiger partial charge in [0.25, 0.3) is 0 Å². The average molecular weight is 551 g/mol. The number of hydrogen-bond acceptors (Lipinski definition) is 8. The van der Waals surface area contributed by atoms with Gasteiger partial charge in [0.1, 0.15) is 6.10 Å². The molecule has 0 aromatic heterocycles. The number of carbonyl (C=O) groups excluding carboxylic acids is 3. The van der Waals surface area contributed by atoms with Crippen molar-refractivity contribution in [1.29, 1.82) is 0 Å². The Morgan fingerprint density at radius 1 is 1.18 bits per heavy atom. The molecule has 0 radical (unpaired) electrons. The maximum atomic E-state index is 13.2. The van der Waals surface area contributed by atoms with Crippen LogP contribution in [0.25, 0.3) is 6.08 Å². The Balaban J connectivity index is 1.46. The van der Waals surface area contributed by atoms with Gasteiger partial charge in [-0.1, -0.05) is 51.1 Å². The van der Waals surface area contributed by atoms with Crippen LogP contribution in [0.4, 0.5) is 0 Å². The largest absolute Gasteiger partial charge is 0.469 e. The van der Waals surface area contributed by atoms with Crippen LogP contribution in [0.2, 0.25) is 0 Å². The van der Waals surface area contributed by atoms with Crippen LogP contribution in [0.5, 0.6) is 0 Å². The van der Waals surface area contributed by atoms with E-state index in [-0.39, 0.29) is 43.0 Å². The highest BCUT2D eigenvalue weighted by Crippen LogP contribution is 2.73. The molecule has 2 saturated heterocycles. The molecule has 40 heavy (non-hydrogen) atoms. The van der Waals surface area contributed by atoms with Crippen molar-refractivity contribution in [2.75, 3.05) is 13.7 Å². The first kappa shape index (κ1) is 27.4. The van der Waals surface area contributed by atoms with E-state index in [9.17, 15) is 19.5 Å². The number of hydrogen-bond donors (Lipinski definition) is 1. The first-order valence-corrected chi connectivity index (χ1v) is 14.2. The van der Waals surface area contributed by atoms with Crippen molar-refractivity contribution in [3.05, 3.63) is 53.1 Å². The van der Waals surface area contributed by atoms with Crippen LogP contribution in [0, 0.1) is 28.1 Å². The molecule has 0 bridgehead atoms. The third-order valence-electron chi connectivity index (χ3n) is 11.0. The second-order valence-corrected chi connectivity index (χ2v) is 12.9. The number of rotatable bonds is 5. The summed E-state index contributed by atoms with van der Waals surface area (Å²) in [5.41, 5.74) is 0.324. The summed E-state index contributed by atoms with van der Waals surface area (Å²) in [6, 6.07) is 9.48. The van der Waals surface area contributed by atoms with Crippen LogP contribution >= 0.6 is 0 Å². The van der Waals surface area contributed by atoms with Gasteiger partial charge in [-0.2, -0.15) is 0 Å². The molecule has 8 heteroatoms. The molecule has 3 aliphatic carbocycles. The van der Waals surface area contributed by atoms with Crippen LogP contribution in [0.3, 0.4) is 0 Å². The first-order valence-electron chi connectivity index (χ1n) is 14.2. The Bertz CT molecular complexity index is 1300. The van der Waals surface area contributed by atoms with Crippen molar-refractivity contribution in [1.82, 2.24) is 0 Å². The number of benzene rings is 1. The van der Waals surface area contributed by atoms with Crippen LogP contribution in [0.15, 0.2) is 47.6 Å². The molecule has 10 atom stereocenters. The van der Waals surface area contributed by atoms with Gasteiger partial charge < -0.3 is 24.1 Å². The maximum absolute atomic E-state index is 13.2. The molecule has 8 nitrogen and oxygen atoms in total. The zero-order chi connectivity index (χ0) is 28.6. The second kappa shape index (κ2) is 9.36. The molecule has 2 heterocycles. The summed E-state index contributed by atoms with van der Waals surface area (Å²) in [6.45, 7) is 8.33. The lowest BCUT2D eigenvalue weighted by Gasteiger charge is -2.65. The SMILES string of the molecule is COC(=O)C[C@H]1[C@]2(C)C3=C(C)C(=O)C[C@H]3O[C@@H]2[C@@H]2OC[C@]3(C)[C@H](O)C[C@H](OC(=O)C=Cc4ccccc4)[C@@]1(C)[C@@H]23. The van der Waals surface area contributed by atoms with Gasteiger partial charge in [-0.05, 0) is 35.6 Å². The van der Waals surface area contributed by atoms with E-state index in [0.717, 1.165) is 11.1 Å². The Labute approximate surface area is 234 Å². The summed E-state index contributed by atoms with van der Waals surface area (Å²) >= 11 is 0. The lowest BCUT2D eigenvalue weighted by Crippen LogP contribution is -2.70. The number of Topliss-reactive ketones (excluding diaryl/α,β-unsaturated/α-hetero) is 1. The number of esters is 2. The molecule has 0 unspecified atom stereocenters. The Morgan fingerprint density at radius 2 is 1.90 bits per heavy atom. The standard InChI is InChI=1S/C32H38O8/c1-17-19(33)13-20-26(17)32(4)21(14-25(36)37-5)31(3)23(40-24(35)12-11-18-9-7-6-8-10-18)15-22(34)30(2)16-38-27(28(30)31)29(32)39-20/h6-12,20-23,27-29,34H,13-16H2,1-5H3/t20-,21-,22-,23+,27-,28+,29-,30-,31+,32-/m1/s1. The van der Waals surface area contributed by atoms with Crippen LogP contribution in [0.1, 0.15) is 52.5 Å². The smallest absolute Gasteiger partial charge is 0.331 e. The van der Waals surface area contributed by atoms with E-state index in [2.05, 4.69) is 13.8 Å². The van der Waals surface area contributed by atoms with E-state index in [4.69, 9.17) is 18.9 Å². The van der Waals surface area contributed by atoms with Gasteiger partial charge in [0, 0.05) is 47.5 Å². The normalized spacial score (nSPS) is 43.5. The highest BCUT2D eigenvalue weighted by atomic mass is 16.6. The predicted octanol–water partition coefficient (Wildman–Crippen LogP) is 3.66. The molecule has 2 saturated carbocycles. The summed E-state index contributed by atoms with van der Waals surface area (Å²) in [5.74, 6) is -1.50. The highest BCUT2D eigenvalue weighted by molar-refractivity contribution is 5.99. The quantitative estimate of drug-likeness (QED) is 0.437. The molecule has 5 aliphatic rings. The van der Waals surface area contributed by atoms with Crippen molar-refractivity contribution < 1.29 is 38.4 Å². The van der Waals surface area contributed by atoms with Crippen molar-refractivity contribution in [3.8, 4) is 0 Å². The van der Waals surface area contributed by atoms with Crippen molar-refractivity contribution >= 4 is 23.8 Å². The summed E-state index contributed by atoms with van der Waals surface area (Å²) in [7, 11) is 1.37. The number of fused-ring (bicyclic) bond motifs is 4. The van der Waals surface area contributed by atoms with Crippen molar-refractivity contribution in [3.63, 3.8) is 0 Å². The number of aliphatic hydroxyl groups excluding tert-OH is 1. The molecule has 1 aromatic carbocycles. The zero-order valence-electron chi connectivity index (χ0n) is 23.7. The van der Waals surface area contributed by atoms with Crippen molar-refractivity contribution in [2.45, 2.75) is 77.5 Å². The van der Waals surface area contributed by atoms with Gasteiger partial charge in [0.15, 0.2) is 5.78 Å². The molecular weight excluding hydrogens is 512 g/mol. The minimum absolute atomic E-state index is 0.0500. The van der Waals surface area contributed by atoms with Crippen LogP contribution < -0.4 is 0 Å². The maximum Gasteiger partial charge on any atom is 0.331 e. The van der Waals surface area contributed by atoms with E-state index in [0.29, 0.717) is 12.2 Å². The molecule has 1 N–H and O–H groups in total. The topological polar surface area (TPSA) is 108 Å². The molecular formula is C32H38O8. The molecule has 6 rings (SSSR count). The van der Waals surface area contributed by atoms with Gasteiger partial charge in [0.05, 0.1) is 38.1 Å². The lowest BCUT2D eigenvalue weighted by atomic mass is 9.40. The number of methoxy groups -OCH3 is 1. The fourth-order valence-electron chi connectivity index (χ4n) is 9.20. The van der Waals surface area contributed by atoms with Gasteiger partial charge >= 0.3 is 11.9 Å². The van der Waals surface area contributed by atoms with Gasteiger partial charge in [-0.15, -0.1) is 0 Å². The minimum Gasteiger partial charge on any atom is -0.469 e. The fraction of sp³-hybridized carbons (Fsp3) is 0.594. The Kier molecular flexibility index (Phi) is 6.40. The lowest BCUT2D eigenvalue weighted by molar-refractivity contribution is -0.247. The number of ether oxygens (including phenoxy) is 4. The average Bonchev–Trinajstić information content (AvgIpc) is 3.54. The number of ketones is 1. The molecule has 0 amide bonds.